The van der Waals surface area contributed by atoms with Gasteiger partial charge in [0.15, 0.2) is 0 Å². The standard InChI is InChI=1S/C23H21ClN4O4/c1-13-8-20(29)27-22(25-13)14-4-3-5-17(9-14)26-23(31)15-10-21(30)28(12-15)18-11-16(24)6-7-19(18)32-2/h3-9,11,15H,10,12H2,1-2H3,(H,26,31)(H,25,27,29). The molecule has 1 aliphatic rings. The van der Waals surface area contributed by atoms with Crippen LogP contribution >= 0.6 is 11.6 Å². The van der Waals surface area contributed by atoms with Gasteiger partial charge in [0.05, 0.1) is 18.7 Å². The number of hydrogen-bond donors (Lipinski definition) is 2. The summed E-state index contributed by atoms with van der Waals surface area (Å²) in [5.74, 6) is -0.0602. The van der Waals surface area contributed by atoms with E-state index in [2.05, 4.69) is 15.3 Å². The van der Waals surface area contributed by atoms with Crippen molar-refractivity contribution in [1.29, 1.82) is 0 Å². The fourth-order valence-corrected chi connectivity index (χ4v) is 3.86. The molecule has 1 atom stereocenters. The van der Waals surface area contributed by atoms with Gasteiger partial charge in [-0.3, -0.25) is 14.4 Å². The molecule has 32 heavy (non-hydrogen) atoms. The van der Waals surface area contributed by atoms with Crippen molar-refractivity contribution in [1.82, 2.24) is 9.97 Å². The van der Waals surface area contributed by atoms with Gasteiger partial charge in [0, 0.05) is 41.0 Å². The van der Waals surface area contributed by atoms with Gasteiger partial charge in [0.2, 0.25) is 11.8 Å². The zero-order valence-electron chi connectivity index (χ0n) is 17.5. The minimum absolute atomic E-state index is 0.0773. The Labute approximate surface area is 189 Å². The topological polar surface area (TPSA) is 104 Å². The van der Waals surface area contributed by atoms with Crippen molar-refractivity contribution >= 4 is 34.8 Å². The molecular weight excluding hydrogens is 432 g/mol. The Hall–Kier alpha value is -3.65. The summed E-state index contributed by atoms with van der Waals surface area (Å²) in [5, 5.41) is 3.33. The van der Waals surface area contributed by atoms with Crippen LogP contribution in [0.3, 0.4) is 0 Å². The molecule has 1 aromatic heterocycles. The zero-order valence-corrected chi connectivity index (χ0v) is 18.3. The molecule has 2 aromatic carbocycles. The van der Waals surface area contributed by atoms with Crippen LogP contribution in [0.25, 0.3) is 11.4 Å². The summed E-state index contributed by atoms with van der Waals surface area (Å²) in [6.07, 6.45) is 0.0773. The SMILES string of the molecule is COc1ccc(Cl)cc1N1CC(C(=O)Nc2cccc(-c3nc(C)cc(=O)[nH]3)c2)CC1=O. The maximum Gasteiger partial charge on any atom is 0.251 e. The molecule has 1 unspecified atom stereocenters. The number of nitrogens with one attached hydrogen (secondary N) is 2. The molecule has 8 nitrogen and oxygen atoms in total. The van der Waals surface area contributed by atoms with E-state index in [1.807, 2.05) is 0 Å². The molecule has 0 spiro atoms. The maximum absolute atomic E-state index is 12.9. The smallest absolute Gasteiger partial charge is 0.251 e. The van der Waals surface area contributed by atoms with Gasteiger partial charge in [-0.15, -0.1) is 0 Å². The number of H-pyrrole nitrogens is 1. The molecule has 9 heteroatoms. The monoisotopic (exact) mass is 452 g/mol. The normalized spacial score (nSPS) is 15.7. The van der Waals surface area contributed by atoms with E-state index < -0.39 is 5.92 Å². The highest BCUT2D eigenvalue weighted by Gasteiger charge is 2.36. The molecule has 0 bridgehead atoms. The highest BCUT2D eigenvalue weighted by Crippen LogP contribution is 2.35. The molecule has 2 amide bonds. The summed E-state index contributed by atoms with van der Waals surface area (Å²) in [6.45, 7) is 1.95. The first kappa shape index (κ1) is 21.6. The van der Waals surface area contributed by atoms with Crippen LogP contribution in [0.1, 0.15) is 12.1 Å². The molecule has 2 heterocycles. The number of methoxy groups -OCH3 is 1. The Kier molecular flexibility index (Phi) is 5.96. The lowest BCUT2D eigenvalue weighted by atomic mass is 10.1. The van der Waals surface area contributed by atoms with Crippen LogP contribution < -0.4 is 20.5 Å². The quantitative estimate of drug-likeness (QED) is 0.617. The van der Waals surface area contributed by atoms with Crippen LogP contribution in [0.5, 0.6) is 5.75 Å². The number of ether oxygens (including phenoxy) is 1. The van der Waals surface area contributed by atoms with E-state index in [1.165, 1.54) is 18.1 Å². The van der Waals surface area contributed by atoms with E-state index in [1.54, 1.807) is 49.4 Å². The van der Waals surface area contributed by atoms with E-state index in [9.17, 15) is 14.4 Å². The van der Waals surface area contributed by atoms with E-state index >= 15 is 0 Å². The molecule has 0 radical (unpaired) electrons. The van der Waals surface area contributed by atoms with Gasteiger partial charge in [-0.25, -0.2) is 4.98 Å². The van der Waals surface area contributed by atoms with Gasteiger partial charge in [-0.2, -0.15) is 0 Å². The number of rotatable bonds is 5. The minimum Gasteiger partial charge on any atom is -0.495 e. The van der Waals surface area contributed by atoms with E-state index in [-0.39, 0.29) is 30.3 Å². The Morgan fingerprint density at radius 3 is 2.78 bits per heavy atom. The Bertz CT molecular complexity index is 1260. The number of hydrogen-bond acceptors (Lipinski definition) is 5. The third kappa shape index (κ3) is 4.50. The highest BCUT2D eigenvalue weighted by molar-refractivity contribution is 6.31. The molecule has 0 saturated carbocycles. The molecule has 164 valence electrons. The van der Waals surface area contributed by atoms with Gasteiger partial charge in [0.1, 0.15) is 11.6 Å². The number of anilines is 2. The lowest BCUT2D eigenvalue weighted by Crippen LogP contribution is -2.28. The van der Waals surface area contributed by atoms with Crippen LogP contribution in [0, 0.1) is 12.8 Å². The second-order valence-electron chi connectivity index (χ2n) is 7.53. The van der Waals surface area contributed by atoms with Crippen molar-refractivity contribution in [2.24, 2.45) is 5.92 Å². The Balaban J connectivity index is 1.51. The molecular formula is C23H21ClN4O4. The molecule has 1 fully saturated rings. The van der Waals surface area contributed by atoms with Crippen LogP contribution in [0.15, 0.2) is 53.3 Å². The van der Waals surface area contributed by atoms with Crippen molar-refractivity contribution in [3.8, 4) is 17.1 Å². The summed E-state index contributed by atoms with van der Waals surface area (Å²) in [5.41, 5.74) is 2.10. The average molecular weight is 453 g/mol. The molecule has 1 saturated heterocycles. The number of carbonyl (C=O) groups is 2. The molecule has 4 rings (SSSR count). The van der Waals surface area contributed by atoms with Crippen LogP contribution in [-0.4, -0.2) is 35.4 Å². The summed E-state index contributed by atoms with van der Waals surface area (Å²) >= 11 is 6.09. The third-order valence-electron chi connectivity index (χ3n) is 5.20. The number of amides is 2. The number of halogens is 1. The predicted molar refractivity (Wildman–Crippen MR) is 122 cm³/mol. The summed E-state index contributed by atoms with van der Waals surface area (Å²) < 4.78 is 5.34. The molecule has 1 aliphatic heterocycles. The van der Waals surface area contributed by atoms with Crippen LogP contribution in [0.2, 0.25) is 5.02 Å². The predicted octanol–water partition coefficient (Wildman–Crippen LogP) is 3.40. The molecule has 0 aliphatic carbocycles. The largest absolute Gasteiger partial charge is 0.495 e. The first-order chi connectivity index (χ1) is 15.3. The van der Waals surface area contributed by atoms with Gasteiger partial charge in [0.25, 0.3) is 5.56 Å². The molecule has 3 aromatic rings. The van der Waals surface area contributed by atoms with Gasteiger partial charge in [-0.05, 0) is 37.3 Å². The van der Waals surface area contributed by atoms with Crippen molar-refractivity contribution in [3.05, 3.63) is 69.6 Å². The van der Waals surface area contributed by atoms with Gasteiger partial charge < -0.3 is 19.9 Å². The average Bonchev–Trinajstić information content (AvgIpc) is 3.15. The highest BCUT2D eigenvalue weighted by atomic mass is 35.5. The van der Waals surface area contributed by atoms with Gasteiger partial charge in [-0.1, -0.05) is 23.7 Å². The maximum atomic E-state index is 12.9. The Morgan fingerprint density at radius 1 is 1.22 bits per heavy atom. The number of aryl methyl sites for hydroxylation is 1. The van der Waals surface area contributed by atoms with E-state index in [0.717, 1.165) is 0 Å². The second kappa shape index (κ2) is 8.84. The summed E-state index contributed by atoms with van der Waals surface area (Å²) in [7, 11) is 1.51. The third-order valence-corrected chi connectivity index (χ3v) is 5.44. The minimum atomic E-state index is -0.535. The summed E-state index contributed by atoms with van der Waals surface area (Å²) in [6, 6.07) is 13.4. The van der Waals surface area contributed by atoms with Crippen molar-refractivity contribution in [2.45, 2.75) is 13.3 Å². The molecule has 2 N–H and O–H groups in total. The fourth-order valence-electron chi connectivity index (χ4n) is 3.69. The van der Waals surface area contributed by atoms with Crippen molar-refractivity contribution in [2.75, 3.05) is 23.9 Å². The number of aromatic amines is 1. The fraction of sp³-hybridized carbons (Fsp3) is 0.217. The van der Waals surface area contributed by atoms with Gasteiger partial charge >= 0.3 is 0 Å². The van der Waals surface area contributed by atoms with Crippen molar-refractivity contribution < 1.29 is 14.3 Å². The van der Waals surface area contributed by atoms with Crippen LogP contribution in [0.4, 0.5) is 11.4 Å². The van der Waals surface area contributed by atoms with Crippen molar-refractivity contribution in [3.63, 3.8) is 0 Å². The number of benzene rings is 2. The summed E-state index contributed by atoms with van der Waals surface area (Å²) in [4.78, 5) is 45.8. The Morgan fingerprint density at radius 2 is 2.03 bits per heavy atom. The lowest BCUT2D eigenvalue weighted by molar-refractivity contribution is -0.122. The van der Waals surface area contributed by atoms with Crippen LogP contribution in [-0.2, 0) is 9.59 Å². The number of carbonyl (C=O) groups excluding carboxylic acids is 2. The number of nitrogens with zero attached hydrogens (tertiary/aromatic N) is 2. The number of aromatic nitrogens is 2. The first-order valence-electron chi connectivity index (χ1n) is 9.97. The second-order valence-corrected chi connectivity index (χ2v) is 7.96. The zero-order chi connectivity index (χ0) is 22.8. The van der Waals surface area contributed by atoms with E-state index in [0.29, 0.717) is 39.2 Å². The first-order valence-corrected chi connectivity index (χ1v) is 10.3. The van der Waals surface area contributed by atoms with E-state index in [4.69, 9.17) is 16.3 Å². The lowest BCUT2D eigenvalue weighted by Gasteiger charge is -2.20.